The topological polar surface area (TPSA) is 154 Å². The lowest BCUT2D eigenvalue weighted by Gasteiger charge is -2.28. The number of hydrogen-bond acceptors (Lipinski definition) is 12. The Morgan fingerprint density at radius 3 is 2.02 bits per heavy atom. The molecule has 0 saturated heterocycles. The van der Waals surface area contributed by atoms with Gasteiger partial charge in [0.25, 0.3) is 11.8 Å². The molecule has 4 aliphatic heterocycles. The second-order valence-electron chi connectivity index (χ2n) is 16.0. The summed E-state index contributed by atoms with van der Waals surface area (Å²) in [6.07, 6.45) is 5.59. The summed E-state index contributed by atoms with van der Waals surface area (Å²) >= 11 is 0. The fraction of sp³-hybridized carbons (Fsp3) is 0.378. The molecule has 0 radical (unpaired) electrons. The lowest BCUT2D eigenvalue weighted by Crippen LogP contribution is -2.44. The van der Waals surface area contributed by atoms with Crippen molar-refractivity contribution in [3.63, 3.8) is 0 Å². The number of aliphatic imine (C=N–C) groups is 1. The summed E-state index contributed by atoms with van der Waals surface area (Å²) in [6.45, 7) is 4.04. The molecule has 0 fully saturated rings. The first kappa shape index (κ1) is 42.0. The van der Waals surface area contributed by atoms with Crippen LogP contribution in [0.5, 0.6) is 23.0 Å². The van der Waals surface area contributed by atoms with Crippen LogP contribution in [0.4, 0.5) is 27.5 Å². The lowest BCUT2D eigenvalue weighted by atomic mass is 10.1. The van der Waals surface area contributed by atoms with E-state index < -0.39 is 19.7 Å². The van der Waals surface area contributed by atoms with E-state index in [4.69, 9.17) is 28.7 Å². The normalized spacial score (nSPS) is 17.6. The minimum atomic E-state index is -3.42. The lowest BCUT2D eigenvalue weighted by molar-refractivity contribution is 0.0976. The largest absolute Gasteiger partial charge is 0.493 e. The Morgan fingerprint density at radius 2 is 1.36 bits per heavy atom. The summed E-state index contributed by atoms with van der Waals surface area (Å²) in [5.41, 5.74) is 5.33. The number of benzene rings is 4. The summed E-state index contributed by atoms with van der Waals surface area (Å²) in [4.78, 5) is 51.7. The third kappa shape index (κ3) is 8.60. The van der Waals surface area contributed by atoms with Crippen molar-refractivity contribution in [2.75, 3.05) is 61.5 Å². The van der Waals surface area contributed by atoms with Gasteiger partial charge >= 0.3 is 6.09 Å². The molecule has 4 aliphatic rings. The number of unbranched alkanes of at least 4 members (excludes halogenated alkanes) is 2. The molecular weight excluding hydrogens is 821 g/mol. The molecule has 4 aromatic rings. The average molecular weight is 869 g/mol. The fourth-order valence-electron chi connectivity index (χ4n) is 8.39. The molecule has 0 aromatic heterocycles. The number of amides is 3. The predicted molar refractivity (Wildman–Crippen MR) is 236 cm³/mol. The van der Waals surface area contributed by atoms with E-state index in [1.54, 1.807) is 55.0 Å². The van der Waals surface area contributed by atoms with Gasteiger partial charge in [0.1, 0.15) is 6.61 Å². The van der Waals surface area contributed by atoms with Gasteiger partial charge in [0, 0.05) is 42.4 Å². The van der Waals surface area contributed by atoms with Gasteiger partial charge in [-0.25, -0.2) is 13.2 Å². The van der Waals surface area contributed by atoms with Gasteiger partial charge in [-0.05, 0) is 85.7 Å². The van der Waals surface area contributed by atoms with E-state index in [-0.39, 0.29) is 42.6 Å². The Bertz CT molecular complexity index is 2530. The molecule has 0 saturated carbocycles. The molecule has 0 N–H and O–H groups in total. The van der Waals surface area contributed by atoms with Crippen molar-refractivity contribution < 1.29 is 46.5 Å². The predicted octanol–water partition coefficient (Wildman–Crippen LogP) is 7.62. The highest BCUT2D eigenvalue weighted by molar-refractivity contribution is 8.72. The zero-order valence-corrected chi connectivity index (χ0v) is 36.3. The first-order valence-electron chi connectivity index (χ1n) is 20.2. The third-order valence-electron chi connectivity index (χ3n) is 11.1. The second-order valence-corrected chi connectivity index (χ2v) is 21.0. The number of fused-ring (bicyclic) bond motifs is 8. The minimum Gasteiger partial charge on any atom is -0.493 e. The standard InChI is InChI=1S/C45H48N4O10S2/c1-45(2,60-61(5,53)54)27-59-44(52)47-26-31-20-29-14-8-10-16-36(29)49(31)43(51)33-22-39(56-4)41(24-37(33)47)58-18-12-6-11-17-57-40-23-34-32(21-38(40)55-3)42(50)48-30(25-46-34)19-28-13-7-9-15-35(28)48/h7-10,13-16,21-25,30-31H,6,11-12,17-20,26-27H2,1-5H3/t30-,31-/m0/s1. The summed E-state index contributed by atoms with van der Waals surface area (Å²) in [5.74, 6) is 1.22. The van der Waals surface area contributed by atoms with Crippen molar-refractivity contribution in [2.45, 2.75) is 62.8 Å². The number of nitrogens with zero attached hydrogens (tertiary/aromatic N) is 4. The molecule has 2 atom stereocenters. The maximum absolute atomic E-state index is 14.3. The van der Waals surface area contributed by atoms with Crippen LogP contribution in [-0.4, -0.2) is 96.2 Å². The molecule has 8 rings (SSSR count). The highest BCUT2D eigenvalue weighted by Crippen LogP contribution is 2.44. The number of carbonyl (C=O) groups excluding carboxylic acids is 3. The summed E-state index contributed by atoms with van der Waals surface area (Å²) < 4.78 is 52.7. The molecule has 3 amide bonds. The van der Waals surface area contributed by atoms with E-state index in [1.165, 1.54) is 12.0 Å². The quantitative estimate of drug-likeness (QED) is 0.0909. The van der Waals surface area contributed by atoms with Crippen LogP contribution in [-0.2, 0) is 26.4 Å². The van der Waals surface area contributed by atoms with Crippen LogP contribution in [0.25, 0.3) is 0 Å². The summed E-state index contributed by atoms with van der Waals surface area (Å²) in [7, 11) is 0.344. The van der Waals surface area contributed by atoms with Crippen molar-refractivity contribution in [1.82, 2.24) is 0 Å². The maximum Gasteiger partial charge on any atom is 0.414 e. The van der Waals surface area contributed by atoms with Crippen LogP contribution in [0.1, 0.15) is 65.0 Å². The van der Waals surface area contributed by atoms with Crippen LogP contribution >= 0.6 is 10.8 Å². The first-order chi connectivity index (χ1) is 29.2. The molecule has 14 nitrogen and oxygen atoms in total. The zero-order chi connectivity index (χ0) is 43.1. The third-order valence-corrected chi connectivity index (χ3v) is 14.2. The van der Waals surface area contributed by atoms with E-state index in [2.05, 4.69) is 0 Å². The van der Waals surface area contributed by atoms with Crippen molar-refractivity contribution >= 4 is 66.5 Å². The first-order valence-corrected chi connectivity index (χ1v) is 23.4. The Hall–Kier alpha value is -5.74. The molecule has 0 spiro atoms. The van der Waals surface area contributed by atoms with E-state index in [1.807, 2.05) is 54.7 Å². The molecule has 4 aromatic carbocycles. The van der Waals surface area contributed by atoms with Crippen molar-refractivity contribution in [1.29, 1.82) is 0 Å². The molecule has 0 bridgehead atoms. The Kier molecular flexibility index (Phi) is 11.7. The van der Waals surface area contributed by atoms with Gasteiger partial charge in [0.2, 0.25) is 0 Å². The second kappa shape index (κ2) is 17.0. The Morgan fingerprint density at radius 1 is 0.770 bits per heavy atom. The fourth-order valence-corrected chi connectivity index (χ4v) is 11.9. The number of para-hydroxylation sites is 2. The van der Waals surface area contributed by atoms with Crippen LogP contribution in [0.15, 0.2) is 77.8 Å². The number of methoxy groups -OCH3 is 2. The van der Waals surface area contributed by atoms with Gasteiger partial charge in [-0.2, -0.15) is 0 Å². The van der Waals surface area contributed by atoms with E-state index in [0.29, 0.717) is 78.8 Å². The molecule has 0 aliphatic carbocycles. The number of hydrogen-bond donors (Lipinski definition) is 0. The highest BCUT2D eigenvalue weighted by atomic mass is 33.1. The van der Waals surface area contributed by atoms with Gasteiger partial charge < -0.3 is 28.6 Å². The number of ether oxygens (including phenoxy) is 5. The number of rotatable bonds is 14. The monoisotopic (exact) mass is 868 g/mol. The van der Waals surface area contributed by atoms with Crippen LogP contribution in [0, 0.1) is 0 Å². The SMILES string of the molecule is COc1cc2c(cc1OCCCCCOc1cc3c(cc1OC)C(=O)N1c4ccccc4C[C@H]1CN3C(=O)OCC(C)(C)SS(C)(=O)=O)N=C[C@@H]1Cc3ccccc3N1C2=O. The van der Waals surface area contributed by atoms with Gasteiger partial charge in [0.05, 0.1) is 73.3 Å². The number of anilines is 3. The minimum absolute atomic E-state index is 0.131. The van der Waals surface area contributed by atoms with Gasteiger partial charge in [-0.15, -0.1) is 0 Å². The molecule has 0 unspecified atom stereocenters. The van der Waals surface area contributed by atoms with Crippen LogP contribution in [0.2, 0.25) is 0 Å². The van der Waals surface area contributed by atoms with E-state index in [9.17, 15) is 22.8 Å². The molecular formula is C45H48N4O10S2. The molecule has 320 valence electrons. The average Bonchev–Trinajstić information content (AvgIpc) is 3.72. The van der Waals surface area contributed by atoms with Crippen molar-refractivity contribution in [3.8, 4) is 23.0 Å². The smallest absolute Gasteiger partial charge is 0.414 e. The van der Waals surface area contributed by atoms with E-state index >= 15 is 0 Å². The Labute approximate surface area is 359 Å². The van der Waals surface area contributed by atoms with E-state index in [0.717, 1.165) is 46.0 Å². The summed E-state index contributed by atoms with van der Waals surface area (Å²) in [5, 5.41) is 0. The van der Waals surface area contributed by atoms with Gasteiger partial charge in [-0.1, -0.05) is 36.4 Å². The summed E-state index contributed by atoms with van der Waals surface area (Å²) in [6, 6.07) is 21.8. The molecule has 61 heavy (non-hydrogen) atoms. The van der Waals surface area contributed by atoms with Crippen molar-refractivity contribution in [3.05, 3.63) is 95.1 Å². The van der Waals surface area contributed by atoms with Crippen LogP contribution < -0.4 is 33.6 Å². The van der Waals surface area contributed by atoms with Gasteiger partial charge in [0.15, 0.2) is 31.9 Å². The maximum atomic E-state index is 14.3. The zero-order valence-electron chi connectivity index (χ0n) is 34.7. The van der Waals surface area contributed by atoms with Crippen LogP contribution in [0.3, 0.4) is 0 Å². The molecule has 4 heterocycles. The van der Waals surface area contributed by atoms with Gasteiger partial charge in [-0.3, -0.25) is 24.4 Å². The molecule has 16 heteroatoms. The van der Waals surface area contributed by atoms with Crippen molar-refractivity contribution in [2.24, 2.45) is 4.99 Å². The Balaban J connectivity index is 0.929. The number of carbonyl (C=O) groups is 3. The highest BCUT2D eigenvalue weighted by Gasteiger charge is 2.43.